The molecule has 0 aromatic heterocycles. The molecule has 51 heavy (non-hydrogen) atoms. The summed E-state index contributed by atoms with van der Waals surface area (Å²) in [5, 5.41) is 17.5. The van der Waals surface area contributed by atoms with Crippen molar-refractivity contribution < 1.29 is 46.8 Å². The summed E-state index contributed by atoms with van der Waals surface area (Å²) in [4.78, 5) is 26.7. The molecule has 3 aliphatic heterocycles. The fourth-order valence-corrected chi connectivity index (χ4v) is 8.24. The molecule has 3 amide bonds. The Morgan fingerprint density at radius 3 is 2.51 bits per heavy atom. The highest BCUT2D eigenvalue weighted by Gasteiger charge is 2.44. The van der Waals surface area contributed by atoms with Crippen molar-refractivity contribution in [2.75, 3.05) is 60.2 Å². The standard InChI is InChI=1S/C36H52N4O10S/c1-36(2,15-8-9-16-37-34(42)39(3)4)24-40(51(44,45)26-12-13-30-31(21-26)47-19-18-46-30)22-29(41)28(20-25-10-6-5-7-11-25)38-35(43)50-32-23-49-33-27(32)14-17-48-33/h5-7,10-13,21,27-29,32-33,41H,8-9,14-20,22-24H2,1-4H3,(H,37,42)(H,38,43)/t27-,28-,29-,32-,33+/m0/s1. The van der Waals surface area contributed by atoms with Crippen molar-refractivity contribution in [3.63, 3.8) is 0 Å². The zero-order chi connectivity index (χ0) is 36.6. The molecule has 5 atom stereocenters. The van der Waals surface area contributed by atoms with E-state index in [0.29, 0.717) is 57.1 Å². The fourth-order valence-electron chi connectivity index (χ4n) is 6.58. The number of carbonyl (C=O) groups is 2. The molecule has 0 unspecified atom stereocenters. The Balaban J connectivity index is 1.34. The molecular formula is C36H52N4O10S. The minimum Gasteiger partial charge on any atom is -0.486 e. The predicted molar refractivity (Wildman–Crippen MR) is 188 cm³/mol. The quantitative estimate of drug-likeness (QED) is 0.218. The molecule has 3 heterocycles. The first-order valence-corrected chi connectivity index (χ1v) is 19.0. The third kappa shape index (κ3) is 10.5. The van der Waals surface area contributed by atoms with Gasteiger partial charge in [-0.3, -0.25) is 0 Å². The van der Waals surface area contributed by atoms with Gasteiger partial charge in [0.25, 0.3) is 0 Å². The number of alkyl carbamates (subject to hydrolysis) is 1. The Morgan fingerprint density at radius 1 is 1.02 bits per heavy atom. The van der Waals surface area contributed by atoms with Gasteiger partial charge in [0.05, 0.1) is 36.2 Å². The second kappa shape index (κ2) is 17.3. The van der Waals surface area contributed by atoms with E-state index in [2.05, 4.69) is 10.6 Å². The minimum absolute atomic E-state index is 0.00250. The number of unbranched alkanes of at least 4 members (excludes halogenated alkanes) is 1. The molecule has 0 radical (unpaired) electrons. The zero-order valence-electron chi connectivity index (χ0n) is 29.9. The number of nitrogens with one attached hydrogen (secondary N) is 2. The van der Waals surface area contributed by atoms with Crippen LogP contribution in [0, 0.1) is 11.3 Å². The van der Waals surface area contributed by atoms with Gasteiger partial charge in [0.2, 0.25) is 10.0 Å². The van der Waals surface area contributed by atoms with Gasteiger partial charge < -0.3 is 44.3 Å². The first-order valence-electron chi connectivity index (χ1n) is 17.6. The number of sulfonamides is 1. The average molecular weight is 733 g/mol. The lowest BCUT2D eigenvalue weighted by atomic mass is 9.87. The molecule has 2 fully saturated rings. The predicted octanol–water partition coefficient (Wildman–Crippen LogP) is 3.38. The SMILES string of the molecule is CN(C)C(=O)NCCCCC(C)(C)CN(C[C@H](O)[C@H](Cc1ccccc1)NC(=O)O[C@H]1CO[C@H]2OCC[C@H]21)S(=O)(=O)c1ccc2c(c1)OCCO2. The van der Waals surface area contributed by atoms with Crippen LogP contribution < -0.4 is 20.1 Å². The van der Waals surface area contributed by atoms with Gasteiger partial charge in [0, 0.05) is 39.8 Å². The van der Waals surface area contributed by atoms with Gasteiger partial charge in [0.15, 0.2) is 17.8 Å². The van der Waals surface area contributed by atoms with Crippen LogP contribution in [0.4, 0.5) is 9.59 Å². The van der Waals surface area contributed by atoms with Crippen molar-refractivity contribution in [3.05, 3.63) is 54.1 Å². The zero-order valence-corrected chi connectivity index (χ0v) is 30.7. The molecule has 0 aliphatic carbocycles. The molecule has 5 rings (SSSR count). The summed E-state index contributed by atoms with van der Waals surface area (Å²) in [6.07, 6.45) is 0.127. The number of benzene rings is 2. The molecule has 14 nitrogen and oxygen atoms in total. The van der Waals surface area contributed by atoms with E-state index in [4.69, 9.17) is 23.7 Å². The molecule has 3 N–H and O–H groups in total. The third-order valence-corrected chi connectivity index (χ3v) is 11.2. The van der Waals surface area contributed by atoms with Crippen molar-refractivity contribution >= 4 is 22.1 Å². The fraction of sp³-hybridized carbons (Fsp3) is 0.611. The van der Waals surface area contributed by atoms with Crippen LogP contribution in [0.5, 0.6) is 11.5 Å². The summed E-state index contributed by atoms with van der Waals surface area (Å²) in [6.45, 7) is 5.64. The van der Waals surface area contributed by atoms with E-state index in [1.165, 1.54) is 21.3 Å². The van der Waals surface area contributed by atoms with E-state index in [0.717, 1.165) is 12.0 Å². The number of hydrogen-bond acceptors (Lipinski definition) is 10. The number of amides is 3. The Bertz CT molecular complexity index is 1570. The molecule has 15 heteroatoms. The first kappa shape index (κ1) is 38.6. The van der Waals surface area contributed by atoms with Crippen LogP contribution >= 0.6 is 0 Å². The number of carbonyl (C=O) groups excluding carboxylic acids is 2. The van der Waals surface area contributed by atoms with Crippen molar-refractivity contribution in [1.29, 1.82) is 0 Å². The molecule has 2 aromatic carbocycles. The maximum absolute atomic E-state index is 14.4. The second-order valence-corrected chi connectivity index (χ2v) is 16.3. The van der Waals surface area contributed by atoms with Crippen molar-refractivity contribution in [2.45, 2.75) is 75.4 Å². The molecule has 2 aromatic rings. The number of nitrogens with zero attached hydrogens (tertiary/aromatic N) is 2. The minimum atomic E-state index is -4.18. The van der Waals surface area contributed by atoms with Gasteiger partial charge in [-0.05, 0) is 48.8 Å². The lowest BCUT2D eigenvalue weighted by molar-refractivity contribution is -0.0907. The van der Waals surface area contributed by atoms with Gasteiger partial charge in [0.1, 0.15) is 19.3 Å². The third-order valence-electron chi connectivity index (χ3n) is 9.42. The van der Waals surface area contributed by atoms with Crippen molar-refractivity contribution in [1.82, 2.24) is 19.8 Å². The topological polar surface area (TPSA) is 165 Å². The number of hydrogen-bond donors (Lipinski definition) is 3. The summed E-state index contributed by atoms with van der Waals surface area (Å²) in [6, 6.07) is 12.8. The highest BCUT2D eigenvalue weighted by molar-refractivity contribution is 7.89. The average Bonchev–Trinajstić information content (AvgIpc) is 3.72. The van der Waals surface area contributed by atoms with Crippen LogP contribution in [-0.4, -0.2) is 120 Å². The van der Waals surface area contributed by atoms with E-state index in [1.54, 1.807) is 20.2 Å². The molecule has 3 aliphatic rings. The van der Waals surface area contributed by atoms with E-state index < -0.39 is 46.1 Å². The van der Waals surface area contributed by atoms with Gasteiger partial charge in [-0.25, -0.2) is 18.0 Å². The summed E-state index contributed by atoms with van der Waals surface area (Å²) < 4.78 is 58.4. The number of ether oxygens (including phenoxy) is 5. The maximum atomic E-state index is 14.4. The van der Waals surface area contributed by atoms with E-state index >= 15 is 0 Å². The van der Waals surface area contributed by atoms with Gasteiger partial charge in [-0.15, -0.1) is 0 Å². The highest BCUT2D eigenvalue weighted by Crippen LogP contribution is 2.35. The summed E-state index contributed by atoms with van der Waals surface area (Å²) in [5.41, 5.74) is 0.328. The number of urea groups is 1. The highest BCUT2D eigenvalue weighted by atomic mass is 32.2. The number of aliphatic hydroxyl groups is 1. The van der Waals surface area contributed by atoms with Crippen LogP contribution in [-0.2, 0) is 30.7 Å². The Kier molecular flexibility index (Phi) is 13.1. The molecule has 282 valence electrons. The molecule has 0 spiro atoms. The lowest BCUT2D eigenvalue weighted by Crippen LogP contribution is -2.52. The Morgan fingerprint density at radius 2 is 1.76 bits per heavy atom. The molecule has 0 bridgehead atoms. The van der Waals surface area contributed by atoms with Crippen molar-refractivity contribution in [2.24, 2.45) is 11.3 Å². The number of rotatable bonds is 16. The van der Waals surface area contributed by atoms with Crippen LogP contribution in [0.1, 0.15) is 45.1 Å². The summed E-state index contributed by atoms with van der Waals surface area (Å²) >= 11 is 0. The Labute approximate surface area is 300 Å². The monoisotopic (exact) mass is 732 g/mol. The summed E-state index contributed by atoms with van der Waals surface area (Å²) in [5.74, 6) is 0.729. The van der Waals surface area contributed by atoms with Gasteiger partial charge in [-0.1, -0.05) is 50.6 Å². The molecular weight excluding hydrogens is 680 g/mol. The maximum Gasteiger partial charge on any atom is 0.407 e. The van der Waals surface area contributed by atoms with Crippen LogP contribution in [0.2, 0.25) is 0 Å². The lowest BCUT2D eigenvalue weighted by Gasteiger charge is -2.35. The van der Waals surface area contributed by atoms with Gasteiger partial charge in [-0.2, -0.15) is 4.31 Å². The van der Waals surface area contributed by atoms with Crippen molar-refractivity contribution in [3.8, 4) is 11.5 Å². The van der Waals surface area contributed by atoms with Gasteiger partial charge >= 0.3 is 12.1 Å². The summed E-state index contributed by atoms with van der Waals surface area (Å²) in [7, 11) is -0.826. The van der Waals surface area contributed by atoms with E-state index in [9.17, 15) is 23.1 Å². The molecule has 2 saturated heterocycles. The number of fused-ring (bicyclic) bond motifs is 2. The normalized spacial score (nSPS) is 21.1. The first-order chi connectivity index (χ1) is 24.3. The smallest absolute Gasteiger partial charge is 0.407 e. The van der Waals surface area contributed by atoms with E-state index in [1.807, 2.05) is 44.2 Å². The molecule has 0 saturated carbocycles. The second-order valence-electron chi connectivity index (χ2n) is 14.3. The van der Waals surface area contributed by atoms with E-state index in [-0.39, 0.29) is 43.0 Å². The van der Waals surface area contributed by atoms with Crippen LogP contribution in [0.25, 0.3) is 0 Å². The largest absolute Gasteiger partial charge is 0.486 e. The van der Waals surface area contributed by atoms with Crippen LogP contribution in [0.15, 0.2) is 53.4 Å². The van der Waals surface area contributed by atoms with Crippen LogP contribution in [0.3, 0.4) is 0 Å². The Hall–Kier alpha value is -3.63. The number of aliphatic hydroxyl groups excluding tert-OH is 1.